The number of carbonyl (C=O) groups is 2. The van der Waals surface area contributed by atoms with Crippen LogP contribution in [0.15, 0.2) is 40.9 Å². The zero-order valence-corrected chi connectivity index (χ0v) is 18.1. The molecule has 166 valence electrons. The van der Waals surface area contributed by atoms with E-state index in [9.17, 15) is 23.9 Å². The Hall–Kier alpha value is -3.08. The van der Waals surface area contributed by atoms with Gasteiger partial charge in [0.2, 0.25) is 0 Å². The van der Waals surface area contributed by atoms with Crippen molar-refractivity contribution in [1.29, 1.82) is 0 Å². The summed E-state index contributed by atoms with van der Waals surface area (Å²) in [6.45, 7) is 2.47. The fourth-order valence-corrected chi connectivity index (χ4v) is 5.32. The van der Waals surface area contributed by atoms with Crippen LogP contribution in [0.4, 0.5) is 5.82 Å². The molecule has 0 saturated carbocycles. The molecule has 0 bridgehead atoms. The van der Waals surface area contributed by atoms with Gasteiger partial charge in [-0.05, 0) is 35.5 Å². The van der Waals surface area contributed by atoms with Crippen molar-refractivity contribution in [2.24, 2.45) is 4.36 Å². The average Bonchev–Trinajstić information content (AvgIpc) is 3.11. The highest BCUT2D eigenvalue weighted by atomic mass is 32.2. The lowest BCUT2D eigenvalue weighted by atomic mass is 10.1. The summed E-state index contributed by atoms with van der Waals surface area (Å²) in [4.78, 5) is 36.7. The van der Waals surface area contributed by atoms with Gasteiger partial charge in [-0.15, -0.1) is 0 Å². The molecule has 1 aliphatic rings. The van der Waals surface area contributed by atoms with Crippen molar-refractivity contribution in [2.45, 2.75) is 32.7 Å². The molecule has 10 nitrogen and oxygen atoms in total. The minimum Gasteiger partial charge on any atom is -0.358 e. The van der Waals surface area contributed by atoms with Crippen molar-refractivity contribution in [3.63, 3.8) is 0 Å². The number of nitrogens with zero attached hydrogens (tertiary/aromatic N) is 5. The number of carbonyl (C=O) groups excluding carboxylic acids is 2. The van der Waals surface area contributed by atoms with E-state index in [1.54, 1.807) is 4.90 Å². The number of benzene rings is 1. The molecule has 1 fully saturated rings. The van der Waals surface area contributed by atoms with E-state index in [1.165, 1.54) is 17.8 Å². The second kappa shape index (κ2) is 9.82. The molecule has 0 aliphatic carbocycles. The molecule has 2 heterocycles. The highest BCUT2D eigenvalue weighted by Crippen LogP contribution is 2.14. The number of aromatic nitrogens is 2. The maximum Gasteiger partial charge on any atom is 0.389 e. The SMILES string of the molecule is CCCc1ccc(C(=O)N2CCCS(=O)(=NC(=O)Cn3ccc([N+](=O)[O-])n3)CC2)cc1. The molecule has 2 amide bonds. The normalized spacial score (nSPS) is 18.9. The molecule has 1 unspecified atom stereocenters. The van der Waals surface area contributed by atoms with E-state index in [1.807, 2.05) is 24.3 Å². The lowest BCUT2D eigenvalue weighted by Crippen LogP contribution is -2.33. The molecule has 11 heteroatoms. The molecule has 1 aromatic heterocycles. The minimum absolute atomic E-state index is 0.109. The van der Waals surface area contributed by atoms with Crippen LogP contribution in [0, 0.1) is 10.1 Å². The van der Waals surface area contributed by atoms with Gasteiger partial charge < -0.3 is 15.0 Å². The number of nitro groups is 1. The quantitative estimate of drug-likeness (QED) is 0.494. The number of amides is 2. The van der Waals surface area contributed by atoms with Crippen LogP contribution in [-0.2, 0) is 27.5 Å². The molecule has 0 radical (unpaired) electrons. The van der Waals surface area contributed by atoms with E-state index in [4.69, 9.17) is 0 Å². The summed E-state index contributed by atoms with van der Waals surface area (Å²) in [5.41, 5.74) is 1.76. The van der Waals surface area contributed by atoms with Crippen molar-refractivity contribution >= 4 is 27.4 Å². The van der Waals surface area contributed by atoms with Crippen LogP contribution in [0.5, 0.6) is 0 Å². The third kappa shape index (κ3) is 5.97. The van der Waals surface area contributed by atoms with Gasteiger partial charge in [0.1, 0.15) is 6.54 Å². The number of aryl methyl sites for hydroxylation is 1. The molecule has 2 aromatic rings. The second-order valence-electron chi connectivity index (χ2n) is 7.39. The van der Waals surface area contributed by atoms with E-state index in [0.29, 0.717) is 18.5 Å². The van der Waals surface area contributed by atoms with Crippen molar-refractivity contribution in [3.05, 3.63) is 57.8 Å². The second-order valence-corrected chi connectivity index (χ2v) is 9.93. The Bertz CT molecular complexity index is 1090. The Morgan fingerprint density at radius 3 is 2.58 bits per heavy atom. The Kier molecular flexibility index (Phi) is 7.16. The molecule has 1 aliphatic heterocycles. The minimum atomic E-state index is -2.81. The van der Waals surface area contributed by atoms with Gasteiger partial charge in [-0.2, -0.15) is 9.04 Å². The number of rotatable bonds is 6. The monoisotopic (exact) mass is 447 g/mol. The third-order valence-electron chi connectivity index (χ3n) is 4.98. The molecule has 1 saturated heterocycles. The molecular formula is C20H25N5O5S. The highest BCUT2D eigenvalue weighted by molar-refractivity contribution is 7.93. The fraction of sp³-hybridized carbons (Fsp3) is 0.450. The van der Waals surface area contributed by atoms with Crippen LogP contribution >= 0.6 is 0 Å². The van der Waals surface area contributed by atoms with Crippen LogP contribution in [0.3, 0.4) is 0 Å². The lowest BCUT2D eigenvalue weighted by molar-refractivity contribution is -0.389. The van der Waals surface area contributed by atoms with E-state index < -0.39 is 20.6 Å². The van der Waals surface area contributed by atoms with Crippen LogP contribution in [-0.4, -0.2) is 60.2 Å². The van der Waals surface area contributed by atoms with Gasteiger partial charge in [-0.25, -0.2) is 4.21 Å². The van der Waals surface area contributed by atoms with E-state index in [0.717, 1.165) is 17.5 Å². The van der Waals surface area contributed by atoms with Gasteiger partial charge in [-0.1, -0.05) is 25.5 Å². The van der Waals surface area contributed by atoms with E-state index in [2.05, 4.69) is 16.4 Å². The summed E-state index contributed by atoms with van der Waals surface area (Å²) in [5, 5.41) is 14.3. The fourth-order valence-electron chi connectivity index (χ4n) is 3.42. The largest absolute Gasteiger partial charge is 0.389 e. The van der Waals surface area contributed by atoms with E-state index in [-0.39, 0.29) is 36.3 Å². The molecular weight excluding hydrogens is 422 g/mol. The van der Waals surface area contributed by atoms with Gasteiger partial charge in [0.25, 0.3) is 11.8 Å². The Balaban J connectivity index is 1.64. The summed E-state index contributed by atoms with van der Waals surface area (Å²) in [6, 6.07) is 8.70. The molecule has 31 heavy (non-hydrogen) atoms. The first-order valence-electron chi connectivity index (χ1n) is 10.1. The first-order chi connectivity index (χ1) is 14.8. The summed E-state index contributed by atoms with van der Waals surface area (Å²) in [6.07, 6.45) is 3.77. The average molecular weight is 448 g/mol. The van der Waals surface area contributed by atoms with Crippen molar-refractivity contribution in [3.8, 4) is 0 Å². The van der Waals surface area contributed by atoms with Gasteiger partial charge in [0.05, 0.1) is 27.1 Å². The number of hydrogen-bond donors (Lipinski definition) is 0. The Morgan fingerprint density at radius 2 is 1.94 bits per heavy atom. The molecule has 0 spiro atoms. The topological polar surface area (TPSA) is 128 Å². The van der Waals surface area contributed by atoms with Crippen molar-refractivity contribution < 1.29 is 18.7 Å². The molecule has 1 aromatic carbocycles. The summed E-state index contributed by atoms with van der Waals surface area (Å²) >= 11 is 0. The molecule has 0 N–H and O–H groups in total. The van der Waals surface area contributed by atoms with Gasteiger partial charge >= 0.3 is 5.82 Å². The maximum absolute atomic E-state index is 13.1. The van der Waals surface area contributed by atoms with Crippen LogP contribution in [0.25, 0.3) is 0 Å². The predicted molar refractivity (Wildman–Crippen MR) is 115 cm³/mol. The molecule has 1 atom stereocenters. The van der Waals surface area contributed by atoms with Crippen LogP contribution < -0.4 is 0 Å². The lowest BCUT2D eigenvalue weighted by Gasteiger charge is -2.20. The highest BCUT2D eigenvalue weighted by Gasteiger charge is 2.24. The zero-order valence-electron chi connectivity index (χ0n) is 17.3. The van der Waals surface area contributed by atoms with Gasteiger partial charge in [0.15, 0.2) is 0 Å². The third-order valence-corrected chi connectivity index (χ3v) is 7.26. The molecule has 3 rings (SSSR count). The van der Waals surface area contributed by atoms with Gasteiger partial charge in [-0.3, -0.25) is 9.59 Å². The van der Waals surface area contributed by atoms with Gasteiger partial charge in [0, 0.05) is 30.2 Å². The van der Waals surface area contributed by atoms with Crippen molar-refractivity contribution in [1.82, 2.24) is 14.7 Å². The Labute approximate surface area is 180 Å². The summed E-state index contributed by atoms with van der Waals surface area (Å²) in [7, 11) is -2.81. The van der Waals surface area contributed by atoms with Crippen LogP contribution in [0.2, 0.25) is 0 Å². The zero-order chi connectivity index (χ0) is 22.4. The summed E-state index contributed by atoms with van der Waals surface area (Å²) < 4.78 is 18.1. The first-order valence-corrected chi connectivity index (χ1v) is 12.0. The van der Waals surface area contributed by atoms with E-state index >= 15 is 0 Å². The van der Waals surface area contributed by atoms with Crippen molar-refractivity contribution in [2.75, 3.05) is 24.6 Å². The standard InChI is InChI=1S/C20H25N5O5S/c1-2-4-16-5-7-17(8-6-16)20(27)23-10-3-13-31(30,14-12-23)22-19(26)15-24-11-9-18(21-24)25(28)29/h5-9,11H,2-4,10,12-15H2,1H3. The smallest absolute Gasteiger partial charge is 0.358 e. The number of hydrogen-bond acceptors (Lipinski definition) is 6. The first kappa shape index (κ1) is 22.6. The Morgan fingerprint density at radius 1 is 1.19 bits per heavy atom. The van der Waals surface area contributed by atoms with Crippen LogP contribution in [0.1, 0.15) is 35.7 Å². The maximum atomic E-state index is 13.1. The predicted octanol–water partition coefficient (Wildman–Crippen LogP) is 2.28. The summed E-state index contributed by atoms with van der Waals surface area (Å²) in [5.74, 6) is -0.825.